The van der Waals surface area contributed by atoms with Crippen LogP contribution in [0.15, 0.2) is 47.4 Å². The third kappa shape index (κ3) is 5.46. The van der Waals surface area contributed by atoms with Gasteiger partial charge in [-0.1, -0.05) is 30.3 Å². The second-order valence-electron chi connectivity index (χ2n) is 10.4. The van der Waals surface area contributed by atoms with Gasteiger partial charge in [0, 0.05) is 44.2 Å². The van der Waals surface area contributed by atoms with Gasteiger partial charge in [-0.25, -0.2) is 8.42 Å². The molecule has 8 heteroatoms. The van der Waals surface area contributed by atoms with Crippen LogP contribution in [0.1, 0.15) is 40.5 Å². The molecule has 0 saturated carbocycles. The quantitative estimate of drug-likeness (QED) is 0.677. The molecule has 0 aromatic heterocycles. The highest BCUT2D eigenvalue weighted by atomic mass is 32.2. The number of fused-ring (bicyclic) bond motifs is 1. The number of carbonyl (C=O) groups is 1. The minimum Gasteiger partial charge on any atom is -0.373 e. The van der Waals surface area contributed by atoms with E-state index in [2.05, 4.69) is 37.9 Å². The first-order chi connectivity index (χ1) is 16.1. The Labute approximate surface area is 203 Å². The van der Waals surface area contributed by atoms with Crippen LogP contribution in [0.2, 0.25) is 0 Å². The molecule has 7 nitrogen and oxygen atoms in total. The molecular weight excluding hydrogens is 450 g/mol. The smallest absolute Gasteiger partial charge is 0.243 e. The summed E-state index contributed by atoms with van der Waals surface area (Å²) < 4.78 is 33.8. The topological polar surface area (TPSA) is 79.0 Å². The van der Waals surface area contributed by atoms with Crippen LogP contribution in [0, 0.1) is 5.92 Å². The fourth-order valence-electron chi connectivity index (χ4n) is 5.07. The zero-order valence-electron chi connectivity index (χ0n) is 20.7. The Kier molecular flexibility index (Phi) is 7.33. The number of piperidine rings is 1. The molecule has 0 radical (unpaired) electrons. The van der Waals surface area contributed by atoms with Crippen molar-refractivity contribution in [3.63, 3.8) is 0 Å². The summed E-state index contributed by atoms with van der Waals surface area (Å²) in [4.78, 5) is 15.6. The van der Waals surface area contributed by atoms with E-state index in [1.54, 1.807) is 12.1 Å². The third-order valence-corrected chi connectivity index (χ3v) is 9.05. The summed E-state index contributed by atoms with van der Waals surface area (Å²) in [6.45, 7) is 11.4. The second-order valence-corrected chi connectivity index (χ2v) is 12.3. The number of nitrogens with one attached hydrogen (secondary N) is 1. The van der Waals surface area contributed by atoms with Crippen molar-refractivity contribution in [2.24, 2.45) is 5.92 Å². The van der Waals surface area contributed by atoms with E-state index in [1.165, 1.54) is 4.31 Å². The van der Waals surface area contributed by atoms with Gasteiger partial charge in [-0.2, -0.15) is 4.31 Å². The van der Waals surface area contributed by atoms with Crippen molar-refractivity contribution >= 4 is 26.7 Å². The van der Waals surface area contributed by atoms with Gasteiger partial charge in [0.1, 0.15) is 0 Å². The number of ether oxygens (including phenoxy) is 1. The van der Waals surface area contributed by atoms with Gasteiger partial charge in [-0.3, -0.25) is 9.69 Å². The summed E-state index contributed by atoms with van der Waals surface area (Å²) in [7, 11) is -3.58. The normalized spacial score (nSPS) is 23.8. The van der Waals surface area contributed by atoms with E-state index in [0.717, 1.165) is 23.9 Å². The monoisotopic (exact) mass is 487 g/mol. The molecule has 2 fully saturated rings. The van der Waals surface area contributed by atoms with Crippen molar-refractivity contribution in [1.82, 2.24) is 14.5 Å². The van der Waals surface area contributed by atoms with Crippen LogP contribution in [0.4, 0.5) is 0 Å². The van der Waals surface area contributed by atoms with E-state index in [1.807, 2.05) is 30.3 Å². The lowest BCUT2D eigenvalue weighted by Crippen LogP contribution is -2.59. The van der Waals surface area contributed by atoms with E-state index >= 15 is 0 Å². The molecule has 2 aromatic rings. The molecular formula is C26H37N3O4S. The lowest BCUT2D eigenvalue weighted by atomic mass is 9.95. The molecule has 0 aliphatic carbocycles. The van der Waals surface area contributed by atoms with Crippen LogP contribution in [0.25, 0.3) is 10.8 Å². The number of benzene rings is 2. The molecule has 2 saturated heterocycles. The van der Waals surface area contributed by atoms with Crippen molar-refractivity contribution in [3.05, 3.63) is 42.5 Å². The SMILES string of the molecule is CC1CN(C(C)(C)CNC(=O)C2CCN(S(=O)(=O)c3ccc4ccccc4c3)CC2)CC(C)O1. The Morgan fingerprint density at radius 3 is 2.29 bits per heavy atom. The predicted octanol–water partition coefficient (Wildman–Crippen LogP) is 3.24. The van der Waals surface area contributed by atoms with Crippen LogP contribution in [-0.2, 0) is 19.6 Å². The fourth-order valence-corrected chi connectivity index (χ4v) is 6.57. The molecule has 1 N–H and O–H groups in total. The fraction of sp³-hybridized carbons (Fsp3) is 0.577. The summed E-state index contributed by atoms with van der Waals surface area (Å²) in [6, 6.07) is 13.0. The maximum Gasteiger partial charge on any atom is 0.243 e. The first-order valence-corrected chi connectivity index (χ1v) is 13.7. The zero-order chi connectivity index (χ0) is 24.5. The number of rotatable bonds is 6. The first kappa shape index (κ1) is 25.1. The highest BCUT2D eigenvalue weighted by molar-refractivity contribution is 7.89. The number of carbonyl (C=O) groups excluding carboxylic acids is 1. The van der Waals surface area contributed by atoms with E-state index in [4.69, 9.17) is 4.74 Å². The maximum atomic E-state index is 13.2. The Bertz CT molecular complexity index is 1120. The summed E-state index contributed by atoms with van der Waals surface area (Å²) in [5, 5.41) is 5.06. The predicted molar refractivity (Wildman–Crippen MR) is 134 cm³/mol. The molecule has 0 spiro atoms. The maximum absolute atomic E-state index is 13.2. The molecule has 34 heavy (non-hydrogen) atoms. The van der Waals surface area contributed by atoms with Crippen LogP contribution in [-0.4, -0.2) is 74.0 Å². The number of sulfonamides is 1. The van der Waals surface area contributed by atoms with Crippen LogP contribution < -0.4 is 5.32 Å². The molecule has 1 amide bonds. The lowest BCUT2D eigenvalue weighted by molar-refractivity contribution is -0.127. The first-order valence-electron chi connectivity index (χ1n) is 12.2. The van der Waals surface area contributed by atoms with Crippen LogP contribution in [0.5, 0.6) is 0 Å². The summed E-state index contributed by atoms with van der Waals surface area (Å²) in [5.74, 6) is -0.147. The number of morpholine rings is 1. The van der Waals surface area contributed by atoms with Gasteiger partial charge in [0.05, 0.1) is 17.1 Å². The molecule has 2 aliphatic rings. The lowest BCUT2D eigenvalue weighted by Gasteiger charge is -2.45. The van der Waals surface area contributed by atoms with E-state index in [-0.39, 0.29) is 29.6 Å². The van der Waals surface area contributed by atoms with Gasteiger partial charge < -0.3 is 10.1 Å². The standard InChI is InChI=1S/C26H37N3O4S/c1-19-16-28(17-20(2)33-19)26(3,4)18-27-25(30)22-11-13-29(14-12-22)34(31,32)24-10-9-21-7-5-6-8-23(21)15-24/h5-10,15,19-20,22H,11-14,16-18H2,1-4H3,(H,27,30). The van der Waals surface area contributed by atoms with Gasteiger partial charge in [-0.05, 0) is 63.4 Å². The van der Waals surface area contributed by atoms with Gasteiger partial charge in [-0.15, -0.1) is 0 Å². The molecule has 4 rings (SSSR count). The van der Waals surface area contributed by atoms with Crippen molar-refractivity contribution < 1.29 is 17.9 Å². The van der Waals surface area contributed by atoms with Crippen molar-refractivity contribution in [2.45, 2.75) is 63.2 Å². The second kappa shape index (κ2) is 9.93. The number of hydrogen-bond acceptors (Lipinski definition) is 5. The molecule has 0 bridgehead atoms. The van der Waals surface area contributed by atoms with E-state index in [9.17, 15) is 13.2 Å². The van der Waals surface area contributed by atoms with Crippen LogP contribution in [0.3, 0.4) is 0 Å². The van der Waals surface area contributed by atoms with Crippen molar-refractivity contribution in [2.75, 3.05) is 32.7 Å². The van der Waals surface area contributed by atoms with Gasteiger partial charge >= 0.3 is 0 Å². The average Bonchev–Trinajstić information content (AvgIpc) is 2.81. The number of nitrogens with zero attached hydrogens (tertiary/aromatic N) is 2. The van der Waals surface area contributed by atoms with Gasteiger partial charge in [0.15, 0.2) is 0 Å². The average molecular weight is 488 g/mol. The Hall–Kier alpha value is -2.00. The largest absolute Gasteiger partial charge is 0.373 e. The third-order valence-electron chi connectivity index (χ3n) is 7.15. The Balaban J connectivity index is 1.32. The molecule has 186 valence electrons. The Morgan fingerprint density at radius 2 is 1.65 bits per heavy atom. The van der Waals surface area contributed by atoms with Crippen molar-refractivity contribution in [1.29, 1.82) is 0 Å². The van der Waals surface area contributed by atoms with Crippen LogP contribution >= 0.6 is 0 Å². The van der Waals surface area contributed by atoms with E-state index < -0.39 is 10.0 Å². The molecule has 2 aromatic carbocycles. The highest BCUT2D eigenvalue weighted by Gasteiger charge is 2.35. The number of amides is 1. The summed E-state index contributed by atoms with van der Waals surface area (Å²) in [5.41, 5.74) is -0.178. The van der Waals surface area contributed by atoms with E-state index in [0.29, 0.717) is 37.4 Å². The number of hydrogen-bond donors (Lipinski definition) is 1. The minimum atomic E-state index is -3.58. The Morgan fingerprint density at radius 1 is 1.03 bits per heavy atom. The minimum absolute atomic E-state index is 0.0187. The molecule has 2 atom stereocenters. The zero-order valence-corrected chi connectivity index (χ0v) is 21.5. The molecule has 2 unspecified atom stereocenters. The van der Waals surface area contributed by atoms with Gasteiger partial charge in [0.25, 0.3) is 0 Å². The molecule has 2 heterocycles. The van der Waals surface area contributed by atoms with Crippen molar-refractivity contribution in [3.8, 4) is 0 Å². The molecule has 2 aliphatic heterocycles. The summed E-state index contributed by atoms with van der Waals surface area (Å²) >= 11 is 0. The highest BCUT2D eigenvalue weighted by Crippen LogP contribution is 2.27. The van der Waals surface area contributed by atoms with Gasteiger partial charge in [0.2, 0.25) is 15.9 Å². The summed E-state index contributed by atoms with van der Waals surface area (Å²) in [6.07, 6.45) is 1.41.